The van der Waals surface area contributed by atoms with Gasteiger partial charge in [-0.15, -0.1) is 0 Å². The Morgan fingerprint density at radius 1 is 1.00 bits per heavy atom. The number of carbonyl (C=O) groups excluding carboxylic acids is 1. The molecule has 2 aromatic carbocycles. The Balaban J connectivity index is 1.61. The van der Waals surface area contributed by atoms with E-state index in [1.165, 1.54) is 24.3 Å². The molecule has 1 fully saturated rings. The minimum absolute atomic E-state index is 0.0160. The fraction of sp³-hybridized carbons (Fsp3) is 0.381. The van der Waals surface area contributed by atoms with Crippen molar-refractivity contribution in [2.75, 3.05) is 13.1 Å². The van der Waals surface area contributed by atoms with Crippen LogP contribution in [0.15, 0.2) is 36.4 Å². The van der Waals surface area contributed by atoms with Gasteiger partial charge in [-0.05, 0) is 49.7 Å². The van der Waals surface area contributed by atoms with Crippen molar-refractivity contribution in [2.45, 2.75) is 39.1 Å². The van der Waals surface area contributed by atoms with Crippen LogP contribution in [0.1, 0.15) is 25.0 Å². The van der Waals surface area contributed by atoms with E-state index in [1.54, 1.807) is 4.90 Å². The van der Waals surface area contributed by atoms with Crippen LogP contribution in [0.4, 0.5) is 18.0 Å². The molecular weight excluding hydrogens is 385 g/mol. The minimum Gasteiger partial charge on any atom is -0.489 e. The van der Waals surface area contributed by atoms with Crippen LogP contribution in [0.3, 0.4) is 0 Å². The van der Waals surface area contributed by atoms with Crippen LogP contribution < -0.4 is 10.1 Å². The van der Waals surface area contributed by atoms with Gasteiger partial charge in [0.1, 0.15) is 24.8 Å². The van der Waals surface area contributed by atoms with Crippen LogP contribution in [-0.2, 0) is 18.0 Å². The van der Waals surface area contributed by atoms with Crippen molar-refractivity contribution < 1.29 is 27.4 Å². The number of nitrogens with zero attached hydrogens (tertiary/aromatic N) is 1. The molecule has 2 atom stereocenters. The van der Waals surface area contributed by atoms with Gasteiger partial charge in [0.25, 0.3) is 0 Å². The number of piperazine rings is 1. The highest BCUT2D eigenvalue weighted by Gasteiger charge is 2.30. The fourth-order valence-electron chi connectivity index (χ4n) is 3.25. The molecule has 1 aliphatic rings. The monoisotopic (exact) mass is 408 g/mol. The van der Waals surface area contributed by atoms with Gasteiger partial charge in [0.15, 0.2) is 11.6 Å². The van der Waals surface area contributed by atoms with E-state index >= 15 is 0 Å². The summed E-state index contributed by atoms with van der Waals surface area (Å²) in [6.07, 6.45) is -0.501. The van der Waals surface area contributed by atoms with Gasteiger partial charge in [-0.2, -0.15) is 0 Å². The Morgan fingerprint density at radius 3 is 2.38 bits per heavy atom. The third kappa shape index (κ3) is 5.20. The SMILES string of the molecule is C[C@@H]1CNC[C@H](C)N1C(=O)OCc1cc(OCc2ccc(F)c(F)c2)ccc1F. The molecule has 1 amide bonds. The van der Waals surface area contributed by atoms with Gasteiger partial charge in [-0.1, -0.05) is 6.07 Å². The molecule has 0 bridgehead atoms. The number of amides is 1. The molecule has 0 saturated carbocycles. The van der Waals surface area contributed by atoms with Gasteiger partial charge in [0.05, 0.1) is 0 Å². The van der Waals surface area contributed by atoms with Crippen LogP contribution in [0.5, 0.6) is 5.75 Å². The summed E-state index contributed by atoms with van der Waals surface area (Å²) in [4.78, 5) is 14.1. The van der Waals surface area contributed by atoms with E-state index in [4.69, 9.17) is 9.47 Å². The number of benzene rings is 2. The zero-order valence-electron chi connectivity index (χ0n) is 16.3. The molecule has 1 saturated heterocycles. The first-order chi connectivity index (χ1) is 13.8. The number of carbonyl (C=O) groups is 1. The number of hydrogen-bond donors (Lipinski definition) is 1. The Bertz CT molecular complexity index is 868. The predicted molar refractivity (Wildman–Crippen MR) is 101 cm³/mol. The highest BCUT2D eigenvalue weighted by Crippen LogP contribution is 2.21. The summed E-state index contributed by atoms with van der Waals surface area (Å²) in [7, 11) is 0. The molecule has 0 aliphatic carbocycles. The summed E-state index contributed by atoms with van der Waals surface area (Å²) >= 11 is 0. The Labute approximate surface area is 167 Å². The summed E-state index contributed by atoms with van der Waals surface area (Å²) in [5, 5.41) is 3.22. The highest BCUT2D eigenvalue weighted by atomic mass is 19.2. The average Bonchev–Trinajstić information content (AvgIpc) is 2.68. The summed E-state index contributed by atoms with van der Waals surface area (Å²) in [6, 6.07) is 7.46. The van der Waals surface area contributed by atoms with Crippen molar-refractivity contribution in [3.8, 4) is 5.75 Å². The number of halogens is 3. The highest BCUT2D eigenvalue weighted by molar-refractivity contribution is 5.68. The Morgan fingerprint density at radius 2 is 1.69 bits per heavy atom. The van der Waals surface area contributed by atoms with Crippen LogP contribution in [0.25, 0.3) is 0 Å². The summed E-state index contributed by atoms with van der Waals surface area (Å²) in [6.45, 7) is 4.91. The Kier molecular flexibility index (Phi) is 6.64. The average molecular weight is 408 g/mol. The first kappa shape index (κ1) is 21.0. The topological polar surface area (TPSA) is 50.8 Å². The molecule has 2 aromatic rings. The van der Waals surface area contributed by atoms with Gasteiger partial charge in [-0.3, -0.25) is 0 Å². The van der Waals surface area contributed by atoms with Crippen molar-refractivity contribution in [1.29, 1.82) is 0 Å². The molecule has 1 aliphatic heterocycles. The third-order valence-corrected chi connectivity index (χ3v) is 4.80. The molecule has 156 valence electrons. The quantitative estimate of drug-likeness (QED) is 0.813. The van der Waals surface area contributed by atoms with Crippen molar-refractivity contribution >= 4 is 6.09 Å². The van der Waals surface area contributed by atoms with E-state index in [1.807, 2.05) is 13.8 Å². The summed E-state index contributed by atoms with van der Waals surface area (Å²) in [5.41, 5.74) is 0.597. The maximum absolute atomic E-state index is 14.1. The molecule has 8 heteroatoms. The molecule has 5 nitrogen and oxygen atoms in total. The van der Waals surface area contributed by atoms with Gasteiger partial charge < -0.3 is 19.7 Å². The predicted octanol–water partition coefficient (Wildman–Crippen LogP) is 4.00. The first-order valence-corrected chi connectivity index (χ1v) is 9.36. The number of rotatable bonds is 5. The fourth-order valence-corrected chi connectivity index (χ4v) is 3.25. The smallest absolute Gasteiger partial charge is 0.410 e. The van der Waals surface area contributed by atoms with E-state index < -0.39 is 23.5 Å². The number of nitrogens with one attached hydrogen (secondary N) is 1. The molecule has 1 N–H and O–H groups in total. The second-order valence-electron chi connectivity index (χ2n) is 7.11. The molecular formula is C21H23F3N2O3. The van der Waals surface area contributed by atoms with E-state index in [-0.39, 0.29) is 30.9 Å². The molecule has 1 heterocycles. The van der Waals surface area contributed by atoms with Crippen molar-refractivity contribution in [3.05, 3.63) is 65.0 Å². The molecule has 0 radical (unpaired) electrons. The Hall–Kier alpha value is -2.74. The summed E-state index contributed by atoms with van der Waals surface area (Å²) < 4.78 is 51.2. The third-order valence-electron chi connectivity index (χ3n) is 4.80. The lowest BCUT2D eigenvalue weighted by atomic mass is 10.1. The summed E-state index contributed by atoms with van der Waals surface area (Å²) in [5.74, 6) is -2.10. The van der Waals surface area contributed by atoms with E-state index in [0.717, 1.165) is 12.1 Å². The van der Waals surface area contributed by atoms with E-state index in [2.05, 4.69) is 5.32 Å². The first-order valence-electron chi connectivity index (χ1n) is 9.36. The van der Waals surface area contributed by atoms with Gasteiger partial charge >= 0.3 is 6.09 Å². The van der Waals surface area contributed by atoms with Crippen LogP contribution in [0.2, 0.25) is 0 Å². The molecule has 0 aromatic heterocycles. The van der Waals surface area contributed by atoms with Gasteiger partial charge in [-0.25, -0.2) is 18.0 Å². The lowest BCUT2D eigenvalue weighted by molar-refractivity contribution is 0.0557. The second kappa shape index (κ2) is 9.17. The van der Waals surface area contributed by atoms with Crippen molar-refractivity contribution in [2.24, 2.45) is 0 Å². The van der Waals surface area contributed by atoms with E-state index in [0.29, 0.717) is 24.4 Å². The molecule has 3 rings (SSSR count). The van der Waals surface area contributed by atoms with Gasteiger partial charge in [0, 0.05) is 30.7 Å². The molecule has 0 unspecified atom stereocenters. The largest absolute Gasteiger partial charge is 0.489 e. The maximum atomic E-state index is 14.1. The van der Waals surface area contributed by atoms with Crippen molar-refractivity contribution in [1.82, 2.24) is 10.2 Å². The minimum atomic E-state index is -0.964. The van der Waals surface area contributed by atoms with Crippen LogP contribution >= 0.6 is 0 Å². The maximum Gasteiger partial charge on any atom is 0.410 e. The molecule has 0 spiro atoms. The normalized spacial score (nSPS) is 19.1. The second-order valence-corrected chi connectivity index (χ2v) is 7.11. The number of ether oxygens (including phenoxy) is 2. The lowest BCUT2D eigenvalue weighted by Crippen LogP contribution is -2.57. The lowest BCUT2D eigenvalue weighted by Gasteiger charge is -2.38. The molecule has 29 heavy (non-hydrogen) atoms. The number of hydrogen-bond acceptors (Lipinski definition) is 4. The zero-order chi connectivity index (χ0) is 21.0. The standard InChI is InChI=1S/C21H23F3N2O3/c1-13-9-25-10-14(2)26(13)21(27)29-12-16-8-17(4-6-18(16)22)28-11-15-3-5-19(23)20(24)7-15/h3-8,13-14,25H,9-12H2,1-2H3/t13-,14+. The van der Waals surface area contributed by atoms with Gasteiger partial charge in [0.2, 0.25) is 0 Å². The zero-order valence-corrected chi connectivity index (χ0v) is 16.3. The van der Waals surface area contributed by atoms with Crippen molar-refractivity contribution in [3.63, 3.8) is 0 Å². The van der Waals surface area contributed by atoms with Crippen LogP contribution in [0, 0.1) is 17.5 Å². The van der Waals surface area contributed by atoms with Crippen LogP contribution in [-0.4, -0.2) is 36.2 Å². The van der Waals surface area contributed by atoms with E-state index in [9.17, 15) is 18.0 Å².